The monoisotopic (exact) mass is 388 g/mol. The van der Waals surface area contributed by atoms with Crippen LogP contribution in [0.25, 0.3) is 0 Å². The highest BCUT2D eigenvalue weighted by Gasteiger charge is 2.44. The number of carboxylic acids is 1. The highest BCUT2D eigenvalue weighted by Crippen LogP contribution is 2.37. The SMILES string of the molecule is O=C(c1ccc(Cl)cc1[N+](=O)[O-])N1CCC(C(=O)O)(c2ccccc2)CC1. The molecular weight excluding hydrogens is 372 g/mol. The maximum atomic E-state index is 12.8. The van der Waals surface area contributed by atoms with E-state index in [0.29, 0.717) is 5.56 Å². The number of nitro groups is 1. The number of carboxylic acid groups (broad SMARTS) is 1. The average molecular weight is 389 g/mol. The Hall–Kier alpha value is -2.93. The summed E-state index contributed by atoms with van der Waals surface area (Å²) in [6.45, 7) is 0.389. The van der Waals surface area contributed by atoms with Crippen molar-refractivity contribution >= 4 is 29.2 Å². The van der Waals surface area contributed by atoms with Gasteiger partial charge in [0.05, 0.1) is 10.3 Å². The van der Waals surface area contributed by atoms with Crippen molar-refractivity contribution in [2.75, 3.05) is 13.1 Å². The first-order valence-corrected chi connectivity index (χ1v) is 8.75. The molecule has 1 heterocycles. The molecule has 1 saturated heterocycles. The van der Waals surface area contributed by atoms with Gasteiger partial charge in [-0.05, 0) is 30.5 Å². The zero-order chi connectivity index (χ0) is 19.6. The number of amides is 1. The summed E-state index contributed by atoms with van der Waals surface area (Å²) in [6.07, 6.45) is 0.471. The summed E-state index contributed by atoms with van der Waals surface area (Å²) in [5.41, 5.74) is -0.774. The highest BCUT2D eigenvalue weighted by molar-refractivity contribution is 6.31. The molecule has 7 nitrogen and oxygen atoms in total. The second-order valence-corrected chi connectivity index (χ2v) is 6.90. The first-order valence-electron chi connectivity index (χ1n) is 8.37. The van der Waals surface area contributed by atoms with Crippen LogP contribution < -0.4 is 0 Å². The van der Waals surface area contributed by atoms with Crippen LogP contribution in [-0.4, -0.2) is 39.9 Å². The van der Waals surface area contributed by atoms with Crippen LogP contribution in [0.1, 0.15) is 28.8 Å². The van der Waals surface area contributed by atoms with Crippen molar-refractivity contribution in [3.05, 3.63) is 74.8 Å². The molecule has 0 aliphatic carbocycles. The summed E-state index contributed by atoms with van der Waals surface area (Å²) < 4.78 is 0. The second kappa shape index (κ2) is 7.36. The zero-order valence-corrected chi connectivity index (χ0v) is 15.1. The number of nitro benzene ring substituents is 1. The van der Waals surface area contributed by atoms with Crippen LogP contribution in [0.3, 0.4) is 0 Å². The Bertz CT molecular complexity index is 892. The van der Waals surface area contributed by atoms with Crippen molar-refractivity contribution in [3.8, 4) is 0 Å². The molecule has 27 heavy (non-hydrogen) atoms. The van der Waals surface area contributed by atoms with Crippen LogP contribution in [0.15, 0.2) is 48.5 Å². The third-order valence-corrected chi connectivity index (χ3v) is 5.26. The smallest absolute Gasteiger partial charge is 0.314 e. The lowest BCUT2D eigenvalue weighted by Gasteiger charge is -2.39. The number of carbonyl (C=O) groups is 2. The fourth-order valence-corrected chi connectivity index (χ4v) is 3.65. The lowest BCUT2D eigenvalue weighted by Crippen LogP contribution is -2.49. The molecule has 0 bridgehead atoms. The van der Waals surface area contributed by atoms with Gasteiger partial charge in [-0.15, -0.1) is 0 Å². The molecule has 0 unspecified atom stereocenters. The molecule has 8 heteroatoms. The molecule has 140 valence electrons. The fourth-order valence-electron chi connectivity index (χ4n) is 3.48. The Labute approximate surface area is 160 Å². The van der Waals surface area contributed by atoms with Gasteiger partial charge < -0.3 is 10.0 Å². The van der Waals surface area contributed by atoms with Crippen LogP contribution in [-0.2, 0) is 10.2 Å². The van der Waals surface area contributed by atoms with E-state index in [-0.39, 0.29) is 42.2 Å². The molecule has 0 radical (unpaired) electrons. The topological polar surface area (TPSA) is 101 Å². The Morgan fingerprint density at radius 2 is 1.74 bits per heavy atom. The summed E-state index contributed by atoms with van der Waals surface area (Å²) in [7, 11) is 0. The molecular formula is C19H17ClN2O5. The quantitative estimate of drug-likeness (QED) is 0.638. The second-order valence-electron chi connectivity index (χ2n) is 6.46. The Morgan fingerprint density at radius 1 is 1.11 bits per heavy atom. The standard InChI is InChI=1S/C19H17ClN2O5/c20-14-6-7-15(16(12-14)22(26)27)17(23)21-10-8-19(9-11-21,18(24)25)13-4-2-1-3-5-13/h1-7,12H,8-11H2,(H,24,25). The van der Waals surface area contributed by atoms with Gasteiger partial charge >= 0.3 is 5.97 Å². The van der Waals surface area contributed by atoms with Crippen molar-refractivity contribution in [1.29, 1.82) is 0 Å². The van der Waals surface area contributed by atoms with Crippen molar-refractivity contribution in [2.24, 2.45) is 0 Å². The summed E-state index contributed by atoms with van der Waals surface area (Å²) in [4.78, 5) is 36.8. The third-order valence-electron chi connectivity index (χ3n) is 5.03. The minimum atomic E-state index is -1.07. The van der Waals surface area contributed by atoms with Crippen LogP contribution in [0.2, 0.25) is 5.02 Å². The number of nitrogens with zero attached hydrogens (tertiary/aromatic N) is 2. The lowest BCUT2D eigenvalue weighted by atomic mass is 9.72. The molecule has 2 aromatic rings. The Balaban J connectivity index is 1.84. The van der Waals surface area contributed by atoms with Crippen LogP contribution in [0, 0.1) is 10.1 Å². The summed E-state index contributed by atoms with van der Waals surface area (Å²) in [5.74, 6) is -1.43. The summed E-state index contributed by atoms with van der Waals surface area (Å²) in [6, 6.07) is 12.8. The first-order chi connectivity index (χ1) is 12.8. The number of aliphatic carboxylic acids is 1. The van der Waals surface area contributed by atoms with Gasteiger partial charge in [0.25, 0.3) is 11.6 Å². The molecule has 0 saturated carbocycles. The van der Waals surface area contributed by atoms with E-state index in [4.69, 9.17) is 11.6 Å². The first kappa shape index (κ1) is 18.8. The largest absolute Gasteiger partial charge is 0.481 e. The molecule has 1 amide bonds. The molecule has 1 N–H and O–H groups in total. The summed E-state index contributed by atoms with van der Waals surface area (Å²) in [5, 5.41) is 21.2. The number of piperidine rings is 1. The number of hydrogen-bond acceptors (Lipinski definition) is 4. The minimum absolute atomic E-state index is 0.0491. The van der Waals surface area contributed by atoms with Gasteiger partial charge in [-0.1, -0.05) is 41.9 Å². The van der Waals surface area contributed by atoms with Gasteiger partial charge in [-0.2, -0.15) is 0 Å². The van der Waals surface area contributed by atoms with Gasteiger partial charge in [0.1, 0.15) is 5.56 Å². The van der Waals surface area contributed by atoms with Crippen molar-refractivity contribution < 1.29 is 19.6 Å². The van der Waals surface area contributed by atoms with Gasteiger partial charge in [-0.3, -0.25) is 19.7 Å². The van der Waals surface area contributed by atoms with Gasteiger partial charge in [-0.25, -0.2) is 0 Å². The zero-order valence-electron chi connectivity index (χ0n) is 14.3. The average Bonchev–Trinajstić information content (AvgIpc) is 2.68. The molecule has 1 aliphatic rings. The Kier molecular flexibility index (Phi) is 5.14. The Morgan fingerprint density at radius 3 is 2.30 bits per heavy atom. The van der Waals surface area contributed by atoms with Crippen molar-refractivity contribution in [3.63, 3.8) is 0 Å². The molecule has 0 spiro atoms. The van der Waals surface area contributed by atoms with Crippen molar-refractivity contribution in [2.45, 2.75) is 18.3 Å². The van der Waals surface area contributed by atoms with E-state index in [0.717, 1.165) is 6.07 Å². The molecule has 3 rings (SSSR count). The molecule has 1 fully saturated rings. The molecule has 1 aliphatic heterocycles. The normalized spacial score (nSPS) is 16.0. The predicted octanol–water partition coefficient (Wildman–Crippen LogP) is 3.51. The number of rotatable bonds is 4. The maximum Gasteiger partial charge on any atom is 0.314 e. The number of carbonyl (C=O) groups excluding carboxylic acids is 1. The van der Waals surface area contributed by atoms with Gasteiger partial charge in [0.2, 0.25) is 0 Å². The maximum absolute atomic E-state index is 12.8. The van der Waals surface area contributed by atoms with Crippen LogP contribution >= 0.6 is 11.6 Å². The van der Waals surface area contributed by atoms with Crippen LogP contribution in [0.5, 0.6) is 0 Å². The van der Waals surface area contributed by atoms with E-state index in [2.05, 4.69) is 0 Å². The van der Waals surface area contributed by atoms with E-state index >= 15 is 0 Å². The van der Waals surface area contributed by atoms with Crippen LogP contribution in [0.4, 0.5) is 5.69 Å². The third kappa shape index (κ3) is 3.50. The lowest BCUT2D eigenvalue weighted by molar-refractivity contribution is -0.385. The fraction of sp³-hybridized carbons (Fsp3) is 0.263. The molecule has 0 aromatic heterocycles. The predicted molar refractivity (Wildman–Crippen MR) is 99.0 cm³/mol. The van der Waals surface area contributed by atoms with E-state index in [9.17, 15) is 24.8 Å². The number of benzene rings is 2. The van der Waals surface area contributed by atoms with E-state index in [1.54, 1.807) is 24.3 Å². The van der Waals surface area contributed by atoms with E-state index in [1.165, 1.54) is 17.0 Å². The van der Waals surface area contributed by atoms with Gasteiger partial charge in [0, 0.05) is 24.2 Å². The summed E-state index contributed by atoms with van der Waals surface area (Å²) >= 11 is 5.80. The number of likely N-dealkylation sites (tertiary alicyclic amines) is 1. The van der Waals surface area contributed by atoms with Crippen molar-refractivity contribution in [1.82, 2.24) is 4.90 Å². The highest BCUT2D eigenvalue weighted by atomic mass is 35.5. The minimum Gasteiger partial charge on any atom is -0.481 e. The number of hydrogen-bond donors (Lipinski definition) is 1. The molecule has 0 atom stereocenters. The number of halogens is 1. The van der Waals surface area contributed by atoms with E-state index in [1.807, 2.05) is 6.07 Å². The van der Waals surface area contributed by atoms with E-state index < -0.39 is 22.2 Å². The van der Waals surface area contributed by atoms with Gasteiger partial charge in [0.15, 0.2) is 0 Å². The molecule has 2 aromatic carbocycles.